The predicted molar refractivity (Wildman–Crippen MR) is 128 cm³/mol. The van der Waals surface area contributed by atoms with Crippen LogP contribution in [0.1, 0.15) is 18.1 Å². The van der Waals surface area contributed by atoms with Crippen LogP contribution >= 0.6 is 0 Å². The molecule has 0 aliphatic carbocycles. The summed E-state index contributed by atoms with van der Waals surface area (Å²) in [6.07, 6.45) is 0. The standard InChI is InChI=1S/C26H23N3O4/c1-16-5-4-6-21(15-16)29-25(31)23(18-7-13-22(33-3)14-8-18)24(26(29)32)28-20-11-9-19(10-12-20)27-17(2)30/h4-15,28H,1-3H3,(H,27,30). The first kappa shape index (κ1) is 21.8. The van der Waals surface area contributed by atoms with Crippen LogP contribution in [0.4, 0.5) is 17.1 Å². The molecule has 0 aromatic heterocycles. The van der Waals surface area contributed by atoms with Crippen molar-refractivity contribution in [3.8, 4) is 5.75 Å². The summed E-state index contributed by atoms with van der Waals surface area (Å²) in [4.78, 5) is 39.4. The van der Waals surface area contributed by atoms with Crippen molar-refractivity contribution >= 4 is 40.4 Å². The Morgan fingerprint density at radius 3 is 2.15 bits per heavy atom. The number of ether oxygens (including phenoxy) is 1. The average molecular weight is 441 g/mol. The fourth-order valence-corrected chi connectivity index (χ4v) is 3.66. The maximum atomic E-state index is 13.5. The van der Waals surface area contributed by atoms with Gasteiger partial charge in [0.2, 0.25) is 5.91 Å². The van der Waals surface area contributed by atoms with Crippen LogP contribution in [0.3, 0.4) is 0 Å². The van der Waals surface area contributed by atoms with Gasteiger partial charge < -0.3 is 15.4 Å². The van der Waals surface area contributed by atoms with Gasteiger partial charge in [-0.3, -0.25) is 14.4 Å². The second-order valence-electron chi connectivity index (χ2n) is 7.65. The van der Waals surface area contributed by atoms with E-state index in [1.807, 2.05) is 19.1 Å². The smallest absolute Gasteiger partial charge is 0.282 e. The Bertz CT molecular complexity index is 1260. The van der Waals surface area contributed by atoms with Gasteiger partial charge in [-0.15, -0.1) is 0 Å². The Labute approximate surface area is 191 Å². The molecule has 1 heterocycles. The molecule has 0 bridgehead atoms. The molecule has 3 amide bonds. The molecule has 0 spiro atoms. The van der Waals surface area contributed by atoms with E-state index in [0.29, 0.717) is 28.4 Å². The summed E-state index contributed by atoms with van der Waals surface area (Å²) >= 11 is 0. The van der Waals surface area contributed by atoms with Gasteiger partial charge in [-0.25, -0.2) is 4.90 Å². The molecule has 166 valence electrons. The molecule has 0 saturated heterocycles. The van der Waals surface area contributed by atoms with Crippen molar-refractivity contribution in [1.82, 2.24) is 0 Å². The summed E-state index contributed by atoms with van der Waals surface area (Å²) in [6.45, 7) is 3.34. The molecule has 7 heteroatoms. The van der Waals surface area contributed by atoms with Gasteiger partial charge in [-0.05, 0) is 66.6 Å². The summed E-state index contributed by atoms with van der Waals surface area (Å²) < 4.78 is 5.22. The number of imide groups is 1. The highest BCUT2D eigenvalue weighted by Crippen LogP contribution is 2.34. The molecule has 3 aromatic rings. The first-order valence-corrected chi connectivity index (χ1v) is 10.4. The van der Waals surface area contributed by atoms with E-state index in [4.69, 9.17) is 4.74 Å². The van der Waals surface area contributed by atoms with Gasteiger partial charge in [0, 0.05) is 18.3 Å². The van der Waals surface area contributed by atoms with Crippen molar-refractivity contribution in [3.05, 3.63) is 89.6 Å². The number of hydrogen-bond donors (Lipinski definition) is 2. The molecule has 0 atom stereocenters. The second-order valence-corrected chi connectivity index (χ2v) is 7.65. The quantitative estimate of drug-likeness (QED) is 0.555. The summed E-state index contributed by atoms with van der Waals surface area (Å²) in [6, 6.07) is 21.1. The topological polar surface area (TPSA) is 87.7 Å². The zero-order valence-electron chi connectivity index (χ0n) is 18.5. The summed E-state index contributed by atoms with van der Waals surface area (Å²) in [5, 5.41) is 5.82. The normalized spacial score (nSPS) is 13.4. The van der Waals surface area contributed by atoms with Crippen LogP contribution in [0, 0.1) is 6.92 Å². The lowest BCUT2D eigenvalue weighted by Gasteiger charge is -2.16. The number of hydrogen-bond acceptors (Lipinski definition) is 5. The molecule has 0 radical (unpaired) electrons. The minimum Gasteiger partial charge on any atom is -0.497 e. The van der Waals surface area contributed by atoms with E-state index in [0.717, 1.165) is 5.56 Å². The van der Waals surface area contributed by atoms with Gasteiger partial charge in [-0.1, -0.05) is 24.3 Å². The minimum absolute atomic E-state index is 0.175. The number of amides is 3. The van der Waals surface area contributed by atoms with Gasteiger partial charge in [0.05, 0.1) is 18.4 Å². The number of rotatable bonds is 6. The molecular weight excluding hydrogens is 418 g/mol. The van der Waals surface area contributed by atoms with E-state index < -0.39 is 11.8 Å². The maximum absolute atomic E-state index is 13.5. The van der Waals surface area contributed by atoms with E-state index in [1.165, 1.54) is 11.8 Å². The number of benzene rings is 3. The third kappa shape index (κ3) is 4.48. The number of aryl methyl sites for hydroxylation is 1. The van der Waals surface area contributed by atoms with Gasteiger partial charge in [0.1, 0.15) is 11.4 Å². The molecule has 7 nitrogen and oxygen atoms in total. The lowest BCUT2D eigenvalue weighted by molar-refractivity contribution is -0.120. The van der Waals surface area contributed by atoms with Crippen molar-refractivity contribution in [3.63, 3.8) is 0 Å². The van der Waals surface area contributed by atoms with Crippen molar-refractivity contribution in [2.75, 3.05) is 22.6 Å². The van der Waals surface area contributed by atoms with Gasteiger partial charge in [-0.2, -0.15) is 0 Å². The molecule has 33 heavy (non-hydrogen) atoms. The Hall–Kier alpha value is -4.39. The Morgan fingerprint density at radius 2 is 1.55 bits per heavy atom. The fraction of sp³-hybridized carbons (Fsp3) is 0.115. The zero-order chi connectivity index (χ0) is 23.5. The third-order valence-corrected chi connectivity index (χ3v) is 5.20. The summed E-state index contributed by atoms with van der Waals surface area (Å²) in [7, 11) is 1.57. The maximum Gasteiger partial charge on any atom is 0.282 e. The lowest BCUT2D eigenvalue weighted by atomic mass is 10.0. The van der Waals surface area contributed by atoms with E-state index in [-0.39, 0.29) is 17.2 Å². The van der Waals surface area contributed by atoms with E-state index in [2.05, 4.69) is 10.6 Å². The molecule has 1 aliphatic heterocycles. The van der Waals surface area contributed by atoms with Gasteiger partial charge in [0.25, 0.3) is 11.8 Å². The van der Waals surface area contributed by atoms with Gasteiger partial charge >= 0.3 is 0 Å². The second kappa shape index (κ2) is 9.00. The van der Waals surface area contributed by atoms with Crippen molar-refractivity contribution in [1.29, 1.82) is 0 Å². The Kier molecular flexibility index (Phi) is 5.95. The molecular formula is C26H23N3O4. The van der Waals surface area contributed by atoms with Crippen molar-refractivity contribution < 1.29 is 19.1 Å². The SMILES string of the molecule is COc1ccc(C2=C(Nc3ccc(NC(C)=O)cc3)C(=O)N(c3cccc(C)c3)C2=O)cc1. The van der Waals surface area contributed by atoms with Crippen molar-refractivity contribution in [2.45, 2.75) is 13.8 Å². The molecule has 2 N–H and O–H groups in total. The highest BCUT2D eigenvalue weighted by atomic mass is 16.5. The van der Waals surface area contributed by atoms with E-state index in [9.17, 15) is 14.4 Å². The van der Waals surface area contributed by atoms with Gasteiger partial charge in [0.15, 0.2) is 0 Å². The number of methoxy groups -OCH3 is 1. The molecule has 0 saturated carbocycles. The Balaban J connectivity index is 1.75. The Morgan fingerprint density at radius 1 is 0.879 bits per heavy atom. The van der Waals surface area contributed by atoms with E-state index >= 15 is 0 Å². The first-order valence-electron chi connectivity index (χ1n) is 10.4. The molecule has 0 fully saturated rings. The largest absolute Gasteiger partial charge is 0.497 e. The zero-order valence-corrected chi connectivity index (χ0v) is 18.5. The highest BCUT2D eigenvalue weighted by Gasteiger charge is 2.40. The van der Waals surface area contributed by atoms with Crippen LogP contribution in [0.25, 0.3) is 5.57 Å². The molecule has 0 unspecified atom stereocenters. The van der Waals surface area contributed by atoms with E-state index in [1.54, 1.807) is 67.8 Å². The monoisotopic (exact) mass is 441 g/mol. The van der Waals surface area contributed by atoms with Crippen LogP contribution in [-0.2, 0) is 14.4 Å². The lowest BCUT2D eigenvalue weighted by Crippen LogP contribution is -2.32. The average Bonchev–Trinajstić information content (AvgIpc) is 3.04. The summed E-state index contributed by atoms with van der Waals surface area (Å²) in [5.41, 5.74) is 3.74. The third-order valence-electron chi connectivity index (χ3n) is 5.20. The van der Waals surface area contributed by atoms with Crippen LogP contribution in [0.15, 0.2) is 78.5 Å². The first-order chi connectivity index (χ1) is 15.9. The van der Waals surface area contributed by atoms with Crippen LogP contribution in [0.5, 0.6) is 5.75 Å². The summed E-state index contributed by atoms with van der Waals surface area (Å²) in [5.74, 6) is -0.379. The number of anilines is 3. The number of nitrogens with one attached hydrogen (secondary N) is 2. The number of carbonyl (C=O) groups excluding carboxylic acids is 3. The van der Waals surface area contributed by atoms with Crippen LogP contribution < -0.4 is 20.3 Å². The highest BCUT2D eigenvalue weighted by molar-refractivity contribution is 6.46. The molecule has 4 rings (SSSR count). The number of nitrogens with zero attached hydrogens (tertiary/aromatic N) is 1. The molecule has 1 aliphatic rings. The fourth-order valence-electron chi connectivity index (χ4n) is 3.66. The predicted octanol–water partition coefficient (Wildman–Crippen LogP) is 4.36. The van der Waals surface area contributed by atoms with Crippen LogP contribution in [-0.4, -0.2) is 24.8 Å². The van der Waals surface area contributed by atoms with Crippen molar-refractivity contribution in [2.24, 2.45) is 0 Å². The minimum atomic E-state index is -0.442. The number of carbonyl (C=O) groups is 3. The van der Waals surface area contributed by atoms with Crippen LogP contribution in [0.2, 0.25) is 0 Å². The molecule has 3 aromatic carbocycles.